The number of nitrogens with one attached hydrogen (secondary N) is 2. The molecule has 0 unspecified atom stereocenters. The number of amides is 3. The van der Waals surface area contributed by atoms with Crippen molar-refractivity contribution in [3.05, 3.63) is 88.5 Å². The molecule has 0 spiro atoms. The van der Waals surface area contributed by atoms with E-state index < -0.39 is 30.3 Å². The molecule has 0 saturated carbocycles. The average Bonchev–Trinajstić information content (AvgIpc) is 2.88. The minimum Gasteiger partial charge on any atom is -0.486 e. The van der Waals surface area contributed by atoms with Crippen molar-refractivity contribution in [2.24, 2.45) is 0 Å². The number of ketones is 1. The van der Waals surface area contributed by atoms with Crippen molar-refractivity contribution in [2.75, 3.05) is 25.1 Å². The molecule has 0 aliphatic carbocycles. The molecule has 3 aromatic rings. The highest BCUT2D eigenvalue weighted by Crippen LogP contribution is 2.31. The Kier molecular flexibility index (Phi) is 7.29. The summed E-state index contributed by atoms with van der Waals surface area (Å²) < 4.78 is 16.1. The molecule has 0 fully saturated rings. The molecule has 1 aliphatic heterocycles. The van der Waals surface area contributed by atoms with Crippen molar-refractivity contribution in [3.8, 4) is 11.5 Å². The van der Waals surface area contributed by atoms with Crippen molar-refractivity contribution >= 4 is 29.4 Å². The zero-order chi connectivity index (χ0) is 25.7. The van der Waals surface area contributed by atoms with Crippen LogP contribution in [-0.4, -0.2) is 43.5 Å². The number of hydrogen-bond acceptors (Lipinski definition) is 7. The number of urea groups is 1. The van der Waals surface area contributed by atoms with E-state index in [0.717, 1.165) is 11.1 Å². The molecule has 0 atom stereocenters. The fourth-order valence-electron chi connectivity index (χ4n) is 3.68. The van der Waals surface area contributed by atoms with E-state index in [0.29, 0.717) is 36.0 Å². The summed E-state index contributed by atoms with van der Waals surface area (Å²) in [6.45, 7) is 3.85. The molecule has 3 aromatic carbocycles. The van der Waals surface area contributed by atoms with E-state index in [1.54, 1.807) is 36.4 Å². The number of carbonyl (C=O) groups excluding carboxylic acids is 4. The average molecular weight is 488 g/mol. The fourth-order valence-corrected chi connectivity index (χ4v) is 3.68. The Morgan fingerprint density at radius 1 is 0.861 bits per heavy atom. The van der Waals surface area contributed by atoms with E-state index in [2.05, 4.69) is 10.6 Å². The Balaban J connectivity index is 1.38. The summed E-state index contributed by atoms with van der Waals surface area (Å²) in [5, 5.41) is 4.69. The third-order valence-electron chi connectivity index (χ3n) is 5.41. The number of fused-ring (bicyclic) bond motifs is 1. The first kappa shape index (κ1) is 24.5. The number of anilines is 1. The van der Waals surface area contributed by atoms with Gasteiger partial charge in [0, 0.05) is 16.8 Å². The molecule has 184 valence electrons. The van der Waals surface area contributed by atoms with Crippen LogP contribution in [0.3, 0.4) is 0 Å². The molecule has 0 saturated heterocycles. The lowest BCUT2D eigenvalue weighted by Crippen LogP contribution is -2.37. The molecule has 36 heavy (non-hydrogen) atoms. The summed E-state index contributed by atoms with van der Waals surface area (Å²) in [4.78, 5) is 50.1. The maximum absolute atomic E-state index is 13.1. The van der Waals surface area contributed by atoms with Gasteiger partial charge in [-0.2, -0.15) is 0 Å². The predicted octanol–water partition coefficient (Wildman–Crippen LogP) is 3.81. The highest BCUT2D eigenvalue weighted by molar-refractivity contribution is 6.15. The zero-order valence-electron chi connectivity index (χ0n) is 19.8. The van der Waals surface area contributed by atoms with Crippen LogP contribution in [0.4, 0.5) is 10.5 Å². The lowest BCUT2D eigenvalue weighted by atomic mass is 9.98. The summed E-state index contributed by atoms with van der Waals surface area (Å²) in [6.07, 6.45) is 0. The van der Waals surface area contributed by atoms with Gasteiger partial charge in [0.2, 0.25) is 0 Å². The third kappa shape index (κ3) is 5.69. The zero-order valence-corrected chi connectivity index (χ0v) is 19.8. The smallest absolute Gasteiger partial charge is 0.339 e. The number of carbonyl (C=O) groups is 4. The first-order valence-corrected chi connectivity index (χ1v) is 11.2. The van der Waals surface area contributed by atoms with Crippen molar-refractivity contribution < 1.29 is 33.4 Å². The maximum Gasteiger partial charge on any atom is 0.339 e. The quantitative estimate of drug-likeness (QED) is 0.400. The SMILES string of the molecule is Cc1ccc(NC(=O)NC(=O)COC(=O)c2ccccc2C(=O)c2ccc3c(c2)OCCO3)c(C)c1. The number of esters is 1. The van der Waals surface area contributed by atoms with E-state index >= 15 is 0 Å². The van der Waals surface area contributed by atoms with Crippen LogP contribution in [-0.2, 0) is 9.53 Å². The number of ether oxygens (including phenoxy) is 3. The first-order chi connectivity index (χ1) is 17.3. The summed E-state index contributed by atoms with van der Waals surface area (Å²) in [6, 6.07) is 15.6. The van der Waals surface area contributed by atoms with E-state index in [1.165, 1.54) is 12.1 Å². The molecule has 2 N–H and O–H groups in total. The molecule has 0 aromatic heterocycles. The van der Waals surface area contributed by atoms with E-state index in [9.17, 15) is 19.2 Å². The summed E-state index contributed by atoms with van der Waals surface area (Å²) in [7, 11) is 0. The van der Waals surface area contributed by atoms with Gasteiger partial charge in [0.25, 0.3) is 5.91 Å². The number of imide groups is 1. The topological polar surface area (TPSA) is 120 Å². The second kappa shape index (κ2) is 10.7. The van der Waals surface area contributed by atoms with Crippen LogP contribution < -0.4 is 20.1 Å². The van der Waals surface area contributed by atoms with Crippen LogP contribution in [0.15, 0.2) is 60.7 Å². The van der Waals surface area contributed by atoms with Crippen molar-refractivity contribution in [3.63, 3.8) is 0 Å². The molecular formula is C27H24N2O7. The van der Waals surface area contributed by atoms with Gasteiger partial charge in [-0.1, -0.05) is 35.9 Å². The largest absolute Gasteiger partial charge is 0.486 e. The lowest BCUT2D eigenvalue weighted by Gasteiger charge is -2.18. The van der Waals surface area contributed by atoms with Crippen LogP contribution in [0.5, 0.6) is 11.5 Å². The van der Waals surface area contributed by atoms with E-state index in [-0.39, 0.29) is 11.1 Å². The van der Waals surface area contributed by atoms with Crippen LogP contribution >= 0.6 is 0 Å². The highest BCUT2D eigenvalue weighted by Gasteiger charge is 2.22. The van der Waals surface area contributed by atoms with Crippen LogP contribution in [0.1, 0.15) is 37.4 Å². The van der Waals surface area contributed by atoms with Gasteiger partial charge >= 0.3 is 12.0 Å². The van der Waals surface area contributed by atoms with Crippen molar-refractivity contribution in [2.45, 2.75) is 13.8 Å². The molecule has 1 aliphatic rings. The van der Waals surface area contributed by atoms with Crippen molar-refractivity contribution in [1.82, 2.24) is 5.32 Å². The van der Waals surface area contributed by atoms with Crippen molar-refractivity contribution in [1.29, 1.82) is 0 Å². The monoisotopic (exact) mass is 488 g/mol. The number of hydrogen-bond donors (Lipinski definition) is 2. The Morgan fingerprint density at radius 2 is 1.58 bits per heavy atom. The standard InChI is InChI=1S/C27H24N2O7/c1-16-7-9-21(17(2)13-16)28-27(33)29-24(30)15-36-26(32)20-6-4-3-5-19(20)25(31)18-8-10-22-23(14-18)35-12-11-34-22/h3-10,13-14H,11-12,15H2,1-2H3,(H2,28,29,30,33). The minimum absolute atomic E-state index is 0.00933. The lowest BCUT2D eigenvalue weighted by molar-refractivity contribution is -0.123. The van der Waals surface area contributed by atoms with Gasteiger partial charge in [-0.25, -0.2) is 9.59 Å². The van der Waals surface area contributed by atoms with Gasteiger partial charge in [0.15, 0.2) is 23.9 Å². The van der Waals surface area contributed by atoms with Gasteiger partial charge in [0.05, 0.1) is 5.56 Å². The molecule has 9 heteroatoms. The molecule has 4 rings (SSSR count). The summed E-state index contributed by atoms with van der Waals surface area (Å²) in [5.74, 6) is -1.12. The molecule has 9 nitrogen and oxygen atoms in total. The molecule has 0 radical (unpaired) electrons. The first-order valence-electron chi connectivity index (χ1n) is 11.2. The fraction of sp³-hybridized carbons (Fsp3) is 0.185. The Bertz CT molecular complexity index is 1350. The van der Waals surface area contributed by atoms with Crippen LogP contribution in [0, 0.1) is 13.8 Å². The van der Waals surface area contributed by atoms with Crippen LogP contribution in [0.25, 0.3) is 0 Å². The summed E-state index contributed by atoms with van der Waals surface area (Å²) >= 11 is 0. The Labute approximate surface area is 207 Å². The molecule has 0 bridgehead atoms. The van der Waals surface area contributed by atoms with Gasteiger partial charge in [-0.3, -0.25) is 14.9 Å². The molecule has 1 heterocycles. The summed E-state index contributed by atoms with van der Waals surface area (Å²) in [5.41, 5.74) is 2.82. The second-order valence-corrected chi connectivity index (χ2v) is 8.13. The maximum atomic E-state index is 13.1. The number of benzene rings is 3. The van der Waals surface area contributed by atoms with Gasteiger partial charge in [-0.05, 0) is 49.7 Å². The molecular weight excluding hydrogens is 464 g/mol. The third-order valence-corrected chi connectivity index (χ3v) is 5.41. The Hall–Kier alpha value is -4.66. The highest BCUT2D eigenvalue weighted by atomic mass is 16.6. The van der Waals surface area contributed by atoms with Gasteiger partial charge in [0.1, 0.15) is 13.2 Å². The predicted molar refractivity (Wildman–Crippen MR) is 131 cm³/mol. The number of aryl methyl sites for hydroxylation is 2. The number of rotatable bonds is 6. The Morgan fingerprint density at radius 3 is 2.33 bits per heavy atom. The van der Waals surface area contributed by atoms with E-state index in [1.807, 2.05) is 26.0 Å². The van der Waals surface area contributed by atoms with E-state index in [4.69, 9.17) is 14.2 Å². The minimum atomic E-state index is -0.874. The van der Waals surface area contributed by atoms with Gasteiger partial charge in [-0.15, -0.1) is 0 Å². The second-order valence-electron chi connectivity index (χ2n) is 8.13. The normalized spacial score (nSPS) is 11.8. The van der Waals surface area contributed by atoms with Crippen LogP contribution in [0.2, 0.25) is 0 Å². The van der Waals surface area contributed by atoms with Gasteiger partial charge < -0.3 is 19.5 Å². The molecule has 3 amide bonds.